The van der Waals surface area contributed by atoms with E-state index in [9.17, 15) is 22.8 Å². The van der Waals surface area contributed by atoms with Crippen molar-refractivity contribution in [2.45, 2.75) is 83.6 Å². The van der Waals surface area contributed by atoms with Crippen LogP contribution in [0, 0.1) is 12.8 Å². The van der Waals surface area contributed by atoms with Gasteiger partial charge in [0.05, 0.1) is 12.0 Å². The Morgan fingerprint density at radius 3 is 2.27 bits per heavy atom. The Labute approximate surface area is 258 Å². The predicted molar refractivity (Wildman–Crippen MR) is 167 cm³/mol. The van der Waals surface area contributed by atoms with Crippen LogP contribution in [0.5, 0.6) is 0 Å². The molecule has 0 radical (unpaired) electrons. The summed E-state index contributed by atoms with van der Waals surface area (Å²) < 4.78 is 40.6. The first kappa shape index (κ1) is 31.8. The number of nitrogens with zero attached hydrogens (tertiary/aromatic N) is 2. The van der Waals surface area contributed by atoms with Gasteiger partial charge in [-0.1, -0.05) is 75.4 Å². The fourth-order valence-electron chi connectivity index (χ4n) is 6.62. The van der Waals surface area contributed by atoms with Crippen LogP contribution in [0.15, 0.2) is 72.8 Å². The molecule has 2 amide bonds. The Bertz CT molecular complexity index is 1480. The normalized spacial score (nSPS) is 21.3. The van der Waals surface area contributed by atoms with Gasteiger partial charge in [-0.3, -0.25) is 14.5 Å². The molecule has 234 valence electrons. The number of nitrogens with one attached hydrogen (secondary N) is 1. The predicted octanol–water partition coefficient (Wildman–Crippen LogP) is 8.05. The number of rotatable bonds is 6. The first-order valence-corrected chi connectivity index (χ1v) is 15.5. The molecule has 0 aromatic heterocycles. The molecule has 0 bridgehead atoms. The minimum absolute atomic E-state index is 0.0815. The molecule has 1 N–H and O–H groups in total. The average Bonchev–Trinajstić information content (AvgIpc) is 3.46. The van der Waals surface area contributed by atoms with Gasteiger partial charge < -0.3 is 10.2 Å². The third kappa shape index (κ3) is 7.01. The number of anilines is 1. The largest absolute Gasteiger partial charge is 0.404 e. The van der Waals surface area contributed by atoms with Crippen LogP contribution in [-0.2, 0) is 16.8 Å². The number of carbonyl (C=O) groups excluding carboxylic acids is 2. The summed E-state index contributed by atoms with van der Waals surface area (Å²) in [5.41, 5.74) is 4.77. The standard InChI is InChI=1S/C36H42F3N3O2/c1-24-10-5-6-13-29(24)34(44)42-21-8-14-30(33(43)40-28-12-7-11-27(22-28)35(2,3)4)32(42)26-18-16-25(17-19-26)23-41-20-9-15-31(41)36(37,38)39/h5-7,10-13,16-19,22,30-32H,8-9,14-15,20-21,23H2,1-4H3,(H,40,43)/t30-,31+,32-/m0/s1. The molecule has 0 aliphatic carbocycles. The zero-order valence-electron chi connectivity index (χ0n) is 26.0. The molecule has 5 rings (SSSR count). The smallest absolute Gasteiger partial charge is 0.331 e. The van der Waals surface area contributed by atoms with E-state index in [4.69, 9.17) is 0 Å². The molecule has 0 unspecified atom stereocenters. The maximum Gasteiger partial charge on any atom is 0.404 e. The second-order valence-electron chi connectivity index (χ2n) is 13.2. The van der Waals surface area contributed by atoms with Crippen molar-refractivity contribution in [1.82, 2.24) is 9.80 Å². The highest BCUT2D eigenvalue weighted by molar-refractivity contribution is 5.98. The maximum absolute atomic E-state index is 14.0. The van der Waals surface area contributed by atoms with E-state index in [0.29, 0.717) is 43.6 Å². The van der Waals surface area contributed by atoms with Crippen LogP contribution in [0.2, 0.25) is 0 Å². The van der Waals surface area contributed by atoms with Crippen molar-refractivity contribution in [2.75, 3.05) is 18.4 Å². The topological polar surface area (TPSA) is 52.7 Å². The number of benzene rings is 3. The molecule has 3 aromatic carbocycles. The van der Waals surface area contributed by atoms with Gasteiger partial charge in [0.25, 0.3) is 5.91 Å². The first-order chi connectivity index (χ1) is 20.8. The SMILES string of the molecule is Cc1ccccc1C(=O)N1CCC[C@H](C(=O)Nc2cccc(C(C)(C)C)c2)[C@@H]1c1ccc(CN2CCC[C@@H]2C(F)(F)F)cc1. The molecule has 2 aliphatic heterocycles. The quantitative estimate of drug-likeness (QED) is 0.309. The highest BCUT2D eigenvalue weighted by Crippen LogP contribution is 2.39. The number of amides is 2. The van der Waals surface area contributed by atoms with E-state index in [1.165, 1.54) is 4.90 Å². The zero-order valence-corrected chi connectivity index (χ0v) is 26.0. The summed E-state index contributed by atoms with van der Waals surface area (Å²) in [6, 6.07) is 20.8. The van der Waals surface area contributed by atoms with Crippen molar-refractivity contribution in [3.63, 3.8) is 0 Å². The van der Waals surface area contributed by atoms with Gasteiger partial charge in [0, 0.05) is 24.3 Å². The average molecular weight is 606 g/mol. The lowest BCUT2D eigenvalue weighted by Crippen LogP contribution is -2.46. The van der Waals surface area contributed by atoms with Crippen LogP contribution < -0.4 is 5.32 Å². The maximum atomic E-state index is 14.0. The number of carbonyl (C=O) groups is 2. The van der Waals surface area contributed by atoms with Crippen LogP contribution >= 0.6 is 0 Å². The molecular formula is C36H42F3N3O2. The molecule has 5 nitrogen and oxygen atoms in total. The highest BCUT2D eigenvalue weighted by Gasteiger charge is 2.46. The van der Waals surface area contributed by atoms with E-state index < -0.39 is 24.2 Å². The van der Waals surface area contributed by atoms with Gasteiger partial charge in [-0.25, -0.2) is 0 Å². The summed E-state index contributed by atoms with van der Waals surface area (Å²) in [7, 11) is 0. The van der Waals surface area contributed by atoms with E-state index in [1.807, 2.05) is 79.7 Å². The summed E-state index contributed by atoms with van der Waals surface area (Å²) in [6.45, 7) is 9.38. The van der Waals surface area contributed by atoms with Crippen molar-refractivity contribution < 1.29 is 22.8 Å². The van der Waals surface area contributed by atoms with Crippen LogP contribution in [-0.4, -0.2) is 46.9 Å². The fourth-order valence-corrected chi connectivity index (χ4v) is 6.62. The first-order valence-electron chi connectivity index (χ1n) is 15.5. The molecule has 2 heterocycles. The van der Waals surface area contributed by atoms with E-state index in [2.05, 4.69) is 26.1 Å². The van der Waals surface area contributed by atoms with Crippen molar-refractivity contribution in [2.24, 2.45) is 5.92 Å². The Kier molecular flexibility index (Phi) is 9.21. The molecule has 2 saturated heterocycles. The van der Waals surface area contributed by atoms with Crippen LogP contribution in [0.1, 0.15) is 85.1 Å². The highest BCUT2D eigenvalue weighted by atomic mass is 19.4. The molecule has 8 heteroatoms. The molecule has 44 heavy (non-hydrogen) atoms. The zero-order chi connectivity index (χ0) is 31.6. The van der Waals surface area contributed by atoms with Gasteiger partial charge in [0.1, 0.15) is 6.04 Å². The third-order valence-corrected chi connectivity index (χ3v) is 9.05. The van der Waals surface area contributed by atoms with E-state index in [0.717, 1.165) is 22.3 Å². The lowest BCUT2D eigenvalue weighted by molar-refractivity contribution is -0.177. The molecule has 0 saturated carbocycles. The fraction of sp³-hybridized carbons (Fsp3) is 0.444. The van der Waals surface area contributed by atoms with Crippen molar-refractivity contribution in [3.05, 3.63) is 101 Å². The van der Waals surface area contributed by atoms with Crippen molar-refractivity contribution in [1.29, 1.82) is 0 Å². The second kappa shape index (κ2) is 12.8. The monoisotopic (exact) mass is 605 g/mol. The molecule has 2 fully saturated rings. The van der Waals surface area contributed by atoms with E-state index >= 15 is 0 Å². The van der Waals surface area contributed by atoms with Gasteiger partial charge in [-0.2, -0.15) is 13.2 Å². The molecule has 3 aromatic rings. The summed E-state index contributed by atoms with van der Waals surface area (Å²) in [4.78, 5) is 31.2. The summed E-state index contributed by atoms with van der Waals surface area (Å²) in [6.07, 6.45) is -2.32. The third-order valence-electron chi connectivity index (χ3n) is 9.05. The summed E-state index contributed by atoms with van der Waals surface area (Å²) in [5, 5.41) is 3.12. The minimum Gasteiger partial charge on any atom is -0.331 e. The van der Waals surface area contributed by atoms with Gasteiger partial charge in [0.2, 0.25) is 5.91 Å². The van der Waals surface area contributed by atoms with Gasteiger partial charge >= 0.3 is 6.18 Å². The molecule has 0 spiro atoms. The minimum atomic E-state index is -4.25. The number of piperidine rings is 1. The second-order valence-corrected chi connectivity index (χ2v) is 13.2. The lowest BCUT2D eigenvalue weighted by Gasteiger charge is -2.41. The molecule has 2 aliphatic rings. The number of hydrogen-bond acceptors (Lipinski definition) is 3. The molecular weight excluding hydrogens is 563 g/mol. The number of hydrogen-bond donors (Lipinski definition) is 1. The van der Waals surface area contributed by atoms with Gasteiger partial charge in [-0.15, -0.1) is 0 Å². The Morgan fingerprint density at radius 2 is 1.59 bits per heavy atom. The summed E-state index contributed by atoms with van der Waals surface area (Å²) >= 11 is 0. The van der Waals surface area contributed by atoms with Crippen LogP contribution in [0.3, 0.4) is 0 Å². The number of aryl methyl sites for hydroxylation is 1. The van der Waals surface area contributed by atoms with Crippen LogP contribution in [0.25, 0.3) is 0 Å². The molecule has 3 atom stereocenters. The number of likely N-dealkylation sites (tertiary alicyclic amines) is 2. The van der Waals surface area contributed by atoms with E-state index in [-0.39, 0.29) is 30.2 Å². The Balaban J connectivity index is 1.44. The van der Waals surface area contributed by atoms with Crippen molar-refractivity contribution in [3.8, 4) is 0 Å². The van der Waals surface area contributed by atoms with E-state index in [1.54, 1.807) is 4.90 Å². The Morgan fingerprint density at radius 1 is 0.886 bits per heavy atom. The van der Waals surface area contributed by atoms with Gasteiger partial charge in [0.15, 0.2) is 0 Å². The number of halogens is 3. The van der Waals surface area contributed by atoms with Crippen LogP contribution in [0.4, 0.5) is 18.9 Å². The lowest BCUT2D eigenvalue weighted by atomic mass is 9.83. The number of alkyl halides is 3. The van der Waals surface area contributed by atoms with Crippen molar-refractivity contribution >= 4 is 17.5 Å². The van der Waals surface area contributed by atoms with Gasteiger partial charge in [-0.05, 0) is 85.0 Å². The summed E-state index contributed by atoms with van der Waals surface area (Å²) in [5.74, 6) is -0.791. The Hall–Kier alpha value is -3.65.